The molecule has 0 fully saturated rings. The normalized spacial score (nSPS) is 11.6. The van der Waals surface area contributed by atoms with Gasteiger partial charge >= 0.3 is 0 Å². The lowest BCUT2D eigenvalue weighted by molar-refractivity contribution is -0.114. The zero-order chi connectivity index (χ0) is 16.8. The summed E-state index contributed by atoms with van der Waals surface area (Å²) in [6.45, 7) is 1.44. The van der Waals surface area contributed by atoms with Crippen molar-refractivity contribution in [2.24, 2.45) is 0 Å². The summed E-state index contributed by atoms with van der Waals surface area (Å²) in [7, 11) is 0. The molecule has 2 rings (SSSR count). The Kier molecular flexibility index (Phi) is 5.73. The molecule has 23 heavy (non-hydrogen) atoms. The number of rotatable bonds is 5. The van der Waals surface area contributed by atoms with Crippen LogP contribution in [0.5, 0.6) is 0 Å². The topological polar surface area (TPSA) is 78.4 Å². The number of hydrogen-bond donors (Lipinski definition) is 3. The molecular formula is C17H17ClN2O3. The standard InChI is InChI=1S/C17H17ClN2O3/c1-11(21)20-13-7-8-15(18)14(9-13)17(23)19-10-16(22)12-5-3-2-4-6-12/h2-9,16,22H,10H2,1H3,(H,19,23)(H,20,21). The highest BCUT2D eigenvalue weighted by Crippen LogP contribution is 2.21. The summed E-state index contributed by atoms with van der Waals surface area (Å²) in [5.41, 5.74) is 1.43. The molecule has 6 heteroatoms. The van der Waals surface area contributed by atoms with Gasteiger partial charge in [0, 0.05) is 19.2 Å². The first-order valence-corrected chi connectivity index (χ1v) is 7.43. The van der Waals surface area contributed by atoms with Crippen LogP contribution in [0.25, 0.3) is 0 Å². The molecule has 1 atom stereocenters. The lowest BCUT2D eigenvalue weighted by Crippen LogP contribution is -2.28. The number of carbonyl (C=O) groups excluding carboxylic acids is 2. The molecule has 2 amide bonds. The van der Waals surface area contributed by atoms with Crippen LogP contribution in [0.1, 0.15) is 28.9 Å². The second-order valence-corrected chi connectivity index (χ2v) is 5.42. The summed E-state index contributed by atoms with van der Waals surface area (Å²) < 4.78 is 0. The predicted molar refractivity (Wildman–Crippen MR) is 89.5 cm³/mol. The van der Waals surface area contributed by atoms with Crippen LogP contribution in [-0.2, 0) is 4.79 Å². The second kappa shape index (κ2) is 7.76. The molecule has 0 heterocycles. The summed E-state index contributed by atoms with van der Waals surface area (Å²) in [6, 6.07) is 13.7. The molecule has 0 aliphatic heterocycles. The molecule has 0 bridgehead atoms. The maximum atomic E-state index is 12.2. The fourth-order valence-corrected chi connectivity index (χ4v) is 2.26. The van der Waals surface area contributed by atoms with Crippen LogP contribution in [0, 0.1) is 0 Å². The maximum absolute atomic E-state index is 12.2. The van der Waals surface area contributed by atoms with Crippen molar-refractivity contribution >= 4 is 29.1 Å². The van der Waals surface area contributed by atoms with E-state index in [1.165, 1.54) is 19.1 Å². The quantitative estimate of drug-likeness (QED) is 0.787. The zero-order valence-corrected chi connectivity index (χ0v) is 13.3. The maximum Gasteiger partial charge on any atom is 0.252 e. The smallest absolute Gasteiger partial charge is 0.252 e. The van der Waals surface area contributed by atoms with E-state index in [0.717, 1.165) is 0 Å². The SMILES string of the molecule is CC(=O)Nc1ccc(Cl)c(C(=O)NCC(O)c2ccccc2)c1. The lowest BCUT2D eigenvalue weighted by Gasteiger charge is -2.13. The Balaban J connectivity index is 2.04. The van der Waals surface area contributed by atoms with Crippen LogP contribution >= 0.6 is 11.6 Å². The summed E-state index contributed by atoms with van der Waals surface area (Å²) in [4.78, 5) is 23.3. The molecule has 0 aromatic heterocycles. The molecule has 120 valence electrons. The van der Waals surface area contributed by atoms with Gasteiger partial charge in [-0.25, -0.2) is 0 Å². The highest BCUT2D eigenvalue weighted by atomic mass is 35.5. The van der Waals surface area contributed by atoms with Crippen LogP contribution in [0.3, 0.4) is 0 Å². The molecule has 0 saturated heterocycles. The summed E-state index contributed by atoms with van der Waals surface area (Å²) in [5, 5.41) is 15.5. The molecule has 0 aliphatic rings. The average Bonchev–Trinajstić information content (AvgIpc) is 2.54. The monoisotopic (exact) mass is 332 g/mol. The van der Waals surface area contributed by atoms with Gasteiger partial charge in [0.1, 0.15) is 0 Å². The molecule has 3 N–H and O–H groups in total. The van der Waals surface area contributed by atoms with Crippen LogP contribution in [0.2, 0.25) is 5.02 Å². The Morgan fingerprint density at radius 1 is 1.17 bits per heavy atom. The fraction of sp³-hybridized carbons (Fsp3) is 0.176. The van der Waals surface area contributed by atoms with Crippen molar-refractivity contribution < 1.29 is 14.7 Å². The third kappa shape index (κ3) is 4.81. The van der Waals surface area contributed by atoms with Crippen LogP contribution in [-0.4, -0.2) is 23.5 Å². The molecular weight excluding hydrogens is 316 g/mol. The first-order chi connectivity index (χ1) is 11.0. The van der Waals surface area contributed by atoms with Gasteiger partial charge in [0.05, 0.1) is 16.7 Å². The number of anilines is 1. The number of halogens is 1. The molecule has 5 nitrogen and oxygen atoms in total. The Morgan fingerprint density at radius 2 is 1.87 bits per heavy atom. The van der Waals surface area contributed by atoms with E-state index in [9.17, 15) is 14.7 Å². The van der Waals surface area contributed by atoms with E-state index in [2.05, 4.69) is 10.6 Å². The van der Waals surface area contributed by atoms with Crippen molar-refractivity contribution in [2.45, 2.75) is 13.0 Å². The van der Waals surface area contributed by atoms with E-state index in [0.29, 0.717) is 11.3 Å². The summed E-state index contributed by atoms with van der Waals surface area (Å²) in [6.07, 6.45) is -0.808. The molecule has 0 spiro atoms. The van der Waals surface area contributed by atoms with E-state index in [1.54, 1.807) is 18.2 Å². The van der Waals surface area contributed by atoms with E-state index < -0.39 is 12.0 Å². The van der Waals surface area contributed by atoms with Crippen molar-refractivity contribution in [1.82, 2.24) is 5.32 Å². The van der Waals surface area contributed by atoms with Gasteiger partial charge < -0.3 is 15.7 Å². The minimum atomic E-state index is -0.808. The van der Waals surface area contributed by atoms with Gasteiger partial charge in [-0.15, -0.1) is 0 Å². The third-order valence-electron chi connectivity index (χ3n) is 3.17. The van der Waals surface area contributed by atoms with Crippen LogP contribution < -0.4 is 10.6 Å². The van der Waals surface area contributed by atoms with Gasteiger partial charge in [-0.2, -0.15) is 0 Å². The Bertz CT molecular complexity index is 704. The van der Waals surface area contributed by atoms with Crippen molar-refractivity contribution in [1.29, 1.82) is 0 Å². The average molecular weight is 333 g/mol. The first-order valence-electron chi connectivity index (χ1n) is 7.05. The van der Waals surface area contributed by atoms with Crippen molar-refractivity contribution in [3.8, 4) is 0 Å². The fourth-order valence-electron chi connectivity index (χ4n) is 2.06. The minimum Gasteiger partial charge on any atom is -0.387 e. The van der Waals surface area contributed by atoms with Crippen molar-refractivity contribution in [3.05, 3.63) is 64.7 Å². The highest BCUT2D eigenvalue weighted by molar-refractivity contribution is 6.34. The molecule has 0 saturated carbocycles. The number of hydrogen-bond acceptors (Lipinski definition) is 3. The zero-order valence-electron chi connectivity index (χ0n) is 12.5. The van der Waals surface area contributed by atoms with Crippen LogP contribution in [0.15, 0.2) is 48.5 Å². The van der Waals surface area contributed by atoms with Gasteiger partial charge in [0.25, 0.3) is 5.91 Å². The molecule has 2 aromatic rings. The number of carbonyl (C=O) groups is 2. The van der Waals surface area contributed by atoms with E-state index in [-0.39, 0.29) is 23.0 Å². The van der Waals surface area contributed by atoms with Crippen molar-refractivity contribution in [3.63, 3.8) is 0 Å². The van der Waals surface area contributed by atoms with Gasteiger partial charge in [-0.3, -0.25) is 9.59 Å². The highest BCUT2D eigenvalue weighted by Gasteiger charge is 2.14. The van der Waals surface area contributed by atoms with Gasteiger partial charge in [-0.1, -0.05) is 41.9 Å². The second-order valence-electron chi connectivity index (χ2n) is 5.01. The largest absolute Gasteiger partial charge is 0.387 e. The Hall–Kier alpha value is -2.37. The Labute approximate surface area is 139 Å². The van der Waals surface area contributed by atoms with Gasteiger partial charge in [0.2, 0.25) is 5.91 Å². The molecule has 0 aliphatic carbocycles. The molecule has 2 aromatic carbocycles. The van der Waals surface area contributed by atoms with E-state index in [4.69, 9.17) is 11.6 Å². The molecule has 0 radical (unpaired) electrons. The number of amides is 2. The number of aliphatic hydroxyl groups is 1. The first kappa shape index (κ1) is 17.0. The third-order valence-corrected chi connectivity index (χ3v) is 3.50. The number of benzene rings is 2. The summed E-state index contributed by atoms with van der Waals surface area (Å²) >= 11 is 6.02. The lowest BCUT2D eigenvalue weighted by atomic mass is 10.1. The predicted octanol–water partition coefficient (Wildman–Crippen LogP) is 2.76. The van der Waals surface area contributed by atoms with Crippen molar-refractivity contribution in [2.75, 3.05) is 11.9 Å². The Morgan fingerprint density at radius 3 is 2.52 bits per heavy atom. The van der Waals surface area contributed by atoms with Gasteiger partial charge in [-0.05, 0) is 23.8 Å². The van der Waals surface area contributed by atoms with E-state index >= 15 is 0 Å². The number of nitrogens with one attached hydrogen (secondary N) is 2. The number of aliphatic hydroxyl groups excluding tert-OH is 1. The summed E-state index contributed by atoms with van der Waals surface area (Å²) in [5.74, 6) is -0.657. The molecule has 1 unspecified atom stereocenters. The van der Waals surface area contributed by atoms with Crippen LogP contribution in [0.4, 0.5) is 5.69 Å². The van der Waals surface area contributed by atoms with E-state index in [1.807, 2.05) is 18.2 Å². The minimum absolute atomic E-state index is 0.0591. The van der Waals surface area contributed by atoms with Gasteiger partial charge in [0.15, 0.2) is 0 Å².